The van der Waals surface area contributed by atoms with E-state index in [4.69, 9.17) is 5.11 Å². The fourth-order valence-electron chi connectivity index (χ4n) is 1.43. The van der Waals surface area contributed by atoms with Crippen LogP contribution in [-0.4, -0.2) is 28.8 Å². The molecule has 0 amide bonds. The molecule has 0 radical (unpaired) electrons. The van der Waals surface area contributed by atoms with E-state index in [2.05, 4.69) is 30.2 Å². The third kappa shape index (κ3) is 3.94. The molecular formula is C11H20N2O. The molecule has 0 aliphatic carbocycles. The van der Waals surface area contributed by atoms with Gasteiger partial charge in [0.15, 0.2) is 0 Å². The van der Waals surface area contributed by atoms with Gasteiger partial charge in [-0.2, -0.15) is 0 Å². The monoisotopic (exact) mass is 196 g/mol. The number of aromatic nitrogens is 1. The van der Waals surface area contributed by atoms with E-state index in [-0.39, 0.29) is 12.1 Å². The maximum absolute atomic E-state index is 8.84. The molecule has 0 aliphatic rings. The lowest BCUT2D eigenvalue weighted by atomic mass is 10.0. The van der Waals surface area contributed by atoms with Gasteiger partial charge in [0, 0.05) is 30.6 Å². The SMILES string of the molecule is CC(C)(CCO)NCCc1ccc[nH]1. The second-order valence-electron chi connectivity index (χ2n) is 4.23. The van der Waals surface area contributed by atoms with Gasteiger partial charge in [-0.25, -0.2) is 0 Å². The molecule has 3 N–H and O–H groups in total. The Kier molecular flexibility index (Phi) is 4.17. The molecule has 1 aromatic rings. The largest absolute Gasteiger partial charge is 0.396 e. The van der Waals surface area contributed by atoms with Crippen molar-refractivity contribution >= 4 is 0 Å². The summed E-state index contributed by atoms with van der Waals surface area (Å²) in [4.78, 5) is 3.17. The molecule has 80 valence electrons. The first kappa shape index (κ1) is 11.3. The van der Waals surface area contributed by atoms with Crippen molar-refractivity contribution in [3.8, 4) is 0 Å². The molecule has 0 aliphatic heterocycles. The van der Waals surface area contributed by atoms with E-state index in [0.717, 1.165) is 19.4 Å². The number of hydrogen-bond donors (Lipinski definition) is 3. The number of aliphatic hydroxyl groups is 1. The summed E-state index contributed by atoms with van der Waals surface area (Å²) in [6.07, 6.45) is 3.73. The zero-order valence-corrected chi connectivity index (χ0v) is 9.01. The lowest BCUT2D eigenvalue weighted by Gasteiger charge is -2.25. The van der Waals surface area contributed by atoms with Crippen LogP contribution >= 0.6 is 0 Å². The lowest BCUT2D eigenvalue weighted by Crippen LogP contribution is -2.41. The van der Waals surface area contributed by atoms with Crippen LogP contribution in [0.3, 0.4) is 0 Å². The summed E-state index contributed by atoms with van der Waals surface area (Å²) in [6.45, 7) is 5.39. The summed E-state index contributed by atoms with van der Waals surface area (Å²) in [5, 5.41) is 12.3. The van der Waals surface area contributed by atoms with Crippen LogP contribution in [0.15, 0.2) is 18.3 Å². The molecule has 0 bridgehead atoms. The third-order valence-corrected chi connectivity index (χ3v) is 2.40. The van der Waals surface area contributed by atoms with Gasteiger partial charge in [0.2, 0.25) is 0 Å². The van der Waals surface area contributed by atoms with Gasteiger partial charge < -0.3 is 15.4 Å². The van der Waals surface area contributed by atoms with E-state index < -0.39 is 0 Å². The minimum absolute atomic E-state index is 0.0291. The van der Waals surface area contributed by atoms with Gasteiger partial charge in [0.25, 0.3) is 0 Å². The first-order chi connectivity index (χ1) is 6.64. The van der Waals surface area contributed by atoms with Gasteiger partial charge in [-0.05, 0) is 38.8 Å². The Bertz CT molecular complexity index is 242. The molecule has 0 spiro atoms. The average Bonchev–Trinajstić information content (AvgIpc) is 2.56. The smallest absolute Gasteiger partial charge is 0.0448 e. The summed E-state index contributed by atoms with van der Waals surface area (Å²) in [5.74, 6) is 0. The molecule has 0 unspecified atom stereocenters. The first-order valence-corrected chi connectivity index (χ1v) is 5.12. The van der Waals surface area contributed by atoms with Crippen LogP contribution in [0.25, 0.3) is 0 Å². The number of aliphatic hydroxyl groups excluding tert-OH is 1. The second-order valence-corrected chi connectivity index (χ2v) is 4.23. The van der Waals surface area contributed by atoms with Gasteiger partial charge in [0.05, 0.1) is 0 Å². The van der Waals surface area contributed by atoms with Gasteiger partial charge in [-0.15, -0.1) is 0 Å². The Labute approximate surface area is 85.5 Å². The van der Waals surface area contributed by atoms with Crippen LogP contribution in [-0.2, 0) is 6.42 Å². The first-order valence-electron chi connectivity index (χ1n) is 5.12. The van der Waals surface area contributed by atoms with Crippen molar-refractivity contribution in [2.45, 2.75) is 32.2 Å². The molecule has 1 aromatic heterocycles. The number of aromatic amines is 1. The zero-order valence-electron chi connectivity index (χ0n) is 9.01. The van der Waals surface area contributed by atoms with Crippen LogP contribution in [0.1, 0.15) is 26.0 Å². The Morgan fingerprint density at radius 1 is 1.50 bits per heavy atom. The van der Waals surface area contributed by atoms with Gasteiger partial charge in [-0.3, -0.25) is 0 Å². The molecule has 0 fully saturated rings. The van der Waals surface area contributed by atoms with Crippen LogP contribution < -0.4 is 5.32 Å². The highest BCUT2D eigenvalue weighted by Gasteiger charge is 2.15. The van der Waals surface area contributed by atoms with Crippen molar-refractivity contribution in [1.29, 1.82) is 0 Å². The van der Waals surface area contributed by atoms with Crippen LogP contribution in [0.5, 0.6) is 0 Å². The van der Waals surface area contributed by atoms with Crippen molar-refractivity contribution in [2.75, 3.05) is 13.2 Å². The molecule has 1 rings (SSSR count). The fraction of sp³-hybridized carbons (Fsp3) is 0.636. The summed E-state index contributed by atoms with van der Waals surface area (Å²) >= 11 is 0. The Balaban J connectivity index is 2.20. The number of rotatable bonds is 6. The normalized spacial score (nSPS) is 11.9. The quantitative estimate of drug-likeness (QED) is 0.642. The summed E-state index contributed by atoms with van der Waals surface area (Å²) < 4.78 is 0. The highest BCUT2D eigenvalue weighted by molar-refractivity contribution is 5.03. The molecule has 0 saturated heterocycles. The van der Waals surface area contributed by atoms with Crippen molar-refractivity contribution in [2.24, 2.45) is 0 Å². The molecule has 14 heavy (non-hydrogen) atoms. The summed E-state index contributed by atoms with van der Waals surface area (Å²) in [7, 11) is 0. The minimum atomic E-state index is 0.0291. The minimum Gasteiger partial charge on any atom is -0.396 e. The Morgan fingerprint density at radius 3 is 2.86 bits per heavy atom. The van der Waals surface area contributed by atoms with E-state index >= 15 is 0 Å². The topological polar surface area (TPSA) is 48.0 Å². The van der Waals surface area contributed by atoms with Crippen molar-refractivity contribution in [3.05, 3.63) is 24.0 Å². The highest BCUT2D eigenvalue weighted by Crippen LogP contribution is 2.07. The van der Waals surface area contributed by atoms with Crippen LogP contribution in [0, 0.1) is 0 Å². The number of nitrogens with one attached hydrogen (secondary N) is 2. The number of H-pyrrole nitrogens is 1. The molecule has 0 aromatic carbocycles. The highest BCUT2D eigenvalue weighted by atomic mass is 16.3. The van der Waals surface area contributed by atoms with E-state index in [1.165, 1.54) is 5.69 Å². The zero-order chi connectivity index (χ0) is 10.4. The predicted molar refractivity (Wildman–Crippen MR) is 58.3 cm³/mol. The molecule has 3 heteroatoms. The van der Waals surface area contributed by atoms with Crippen LogP contribution in [0.2, 0.25) is 0 Å². The van der Waals surface area contributed by atoms with Crippen LogP contribution in [0.4, 0.5) is 0 Å². The van der Waals surface area contributed by atoms with Crippen molar-refractivity contribution in [1.82, 2.24) is 10.3 Å². The van der Waals surface area contributed by atoms with Crippen molar-refractivity contribution < 1.29 is 5.11 Å². The third-order valence-electron chi connectivity index (χ3n) is 2.40. The summed E-state index contributed by atoms with van der Waals surface area (Å²) in [5.41, 5.74) is 1.28. The molecule has 1 heterocycles. The maximum Gasteiger partial charge on any atom is 0.0448 e. The van der Waals surface area contributed by atoms with E-state index in [1.807, 2.05) is 12.3 Å². The molecule has 0 atom stereocenters. The average molecular weight is 196 g/mol. The predicted octanol–water partition coefficient (Wildman–Crippen LogP) is 1.31. The van der Waals surface area contributed by atoms with Crippen molar-refractivity contribution in [3.63, 3.8) is 0 Å². The van der Waals surface area contributed by atoms with Gasteiger partial charge >= 0.3 is 0 Å². The molecule has 3 nitrogen and oxygen atoms in total. The second kappa shape index (κ2) is 5.17. The molecular weight excluding hydrogens is 176 g/mol. The fourth-order valence-corrected chi connectivity index (χ4v) is 1.43. The standard InChI is InChI=1S/C11H20N2O/c1-11(2,6-9-14)13-8-5-10-4-3-7-12-10/h3-4,7,12-14H,5-6,8-9H2,1-2H3. The van der Waals surface area contributed by atoms with E-state index in [1.54, 1.807) is 0 Å². The Hall–Kier alpha value is -0.800. The number of hydrogen-bond acceptors (Lipinski definition) is 2. The van der Waals surface area contributed by atoms with E-state index in [0.29, 0.717) is 0 Å². The van der Waals surface area contributed by atoms with E-state index in [9.17, 15) is 0 Å². The van der Waals surface area contributed by atoms with Gasteiger partial charge in [-0.1, -0.05) is 0 Å². The summed E-state index contributed by atoms with van der Waals surface area (Å²) in [6, 6.07) is 4.09. The molecule has 0 saturated carbocycles. The maximum atomic E-state index is 8.84. The Morgan fingerprint density at radius 2 is 2.29 bits per heavy atom. The lowest BCUT2D eigenvalue weighted by molar-refractivity contribution is 0.231. The van der Waals surface area contributed by atoms with Gasteiger partial charge in [0.1, 0.15) is 0 Å².